The van der Waals surface area contributed by atoms with Crippen LogP contribution in [0.2, 0.25) is 0 Å². The van der Waals surface area contributed by atoms with Crippen LogP contribution in [0.3, 0.4) is 0 Å². The Kier molecular flexibility index (Phi) is 5.30. The van der Waals surface area contributed by atoms with E-state index in [1.165, 1.54) is 12.1 Å². The summed E-state index contributed by atoms with van der Waals surface area (Å²) in [5, 5.41) is 8.72. The smallest absolute Gasteiger partial charge is 0.395 e. The van der Waals surface area contributed by atoms with E-state index in [2.05, 4.69) is 0 Å². The van der Waals surface area contributed by atoms with Crippen molar-refractivity contribution in [2.75, 3.05) is 20.2 Å². The van der Waals surface area contributed by atoms with Crippen molar-refractivity contribution in [2.24, 2.45) is 0 Å². The molecule has 0 spiro atoms. The summed E-state index contributed by atoms with van der Waals surface area (Å²) in [5.74, 6) is 0. The molecule has 0 aliphatic rings. The Morgan fingerprint density at radius 2 is 1.82 bits per heavy atom. The monoisotopic (exact) mass is 265 g/mol. The highest BCUT2D eigenvalue weighted by molar-refractivity contribution is 8.00. The summed E-state index contributed by atoms with van der Waals surface area (Å²) in [7, 11) is 1.84. The number of rotatable bonds is 5. The molecule has 0 unspecified atom stereocenters. The van der Waals surface area contributed by atoms with Gasteiger partial charge in [0.25, 0.3) is 0 Å². The van der Waals surface area contributed by atoms with E-state index >= 15 is 0 Å². The molecule has 17 heavy (non-hydrogen) atoms. The van der Waals surface area contributed by atoms with E-state index in [9.17, 15) is 13.2 Å². The number of aliphatic hydroxyl groups is 1. The zero-order valence-electron chi connectivity index (χ0n) is 9.37. The average Bonchev–Trinajstić information content (AvgIpc) is 2.19. The topological polar surface area (TPSA) is 23.5 Å². The molecule has 96 valence electrons. The fourth-order valence-electron chi connectivity index (χ4n) is 1.36. The molecule has 1 aromatic rings. The third-order valence-corrected chi connectivity index (χ3v) is 2.83. The quantitative estimate of drug-likeness (QED) is 0.828. The summed E-state index contributed by atoms with van der Waals surface area (Å²) in [5.41, 5.74) is -3.32. The molecular weight excluding hydrogens is 251 g/mol. The van der Waals surface area contributed by atoms with E-state index in [1.54, 1.807) is 12.1 Å². The summed E-state index contributed by atoms with van der Waals surface area (Å²) >= 11 is -0.115. The Morgan fingerprint density at radius 1 is 1.24 bits per heavy atom. The highest BCUT2D eigenvalue weighted by atomic mass is 32.2. The van der Waals surface area contributed by atoms with Crippen LogP contribution in [-0.4, -0.2) is 35.7 Å². The number of thioether (sulfide) groups is 1. The van der Waals surface area contributed by atoms with Crippen LogP contribution < -0.4 is 0 Å². The third-order valence-electron chi connectivity index (χ3n) is 2.09. The van der Waals surface area contributed by atoms with Crippen molar-refractivity contribution in [1.82, 2.24) is 4.90 Å². The molecule has 0 aliphatic heterocycles. The van der Waals surface area contributed by atoms with Crippen LogP contribution in [0.15, 0.2) is 29.2 Å². The van der Waals surface area contributed by atoms with E-state index in [4.69, 9.17) is 5.11 Å². The van der Waals surface area contributed by atoms with Gasteiger partial charge in [0.1, 0.15) is 0 Å². The van der Waals surface area contributed by atoms with Gasteiger partial charge in [-0.3, -0.25) is 4.90 Å². The second kappa shape index (κ2) is 6.28. The van der Waals surface area contributed by atoms with Crippen LogP contribution in [0, 0.1) is 0 Å². The Morgan fingerprint density at radius 3 is 2.29 bits per heavy atom. The van der Waals surface area contributed by atoms with Gasteiger partial charge in [-0.15, -0.1) is 0 Å². The number of hydrogen-bond donors (Lipinski definition) is 1. The van der Waals surface area contributed by atoms with Gasteiger partial charge in [0.15, 0.2) is 0 Å². The largest absolute Gasteiger partial charge is 0.446 e. The highest BCUT2D eigenvalue weighted by Crippen LogP contribution is 2.36. The van der Waals surface area contributed by atoms with E-state index in [0.717, 1.165) is 5.56 Å². The predicted molar refractivity (Wildman–Crippen MR) is 61.8 cm³/mol. The maximum absolute atomic E-state index is 12.1. The number of nitrogens with zero attached hydrogens (tertiary/aromatic N) is 1. The highest BCUT2D eigenvalue weighted by Gasteiger charge is 2.28. The fourth-order valence-corrected chi connectivity index (χ4v) is 1.90. The Labute approximate surface area is 102 Å². The molecule has 6 heteroatoms. The van der Waals surface area contributed by atoms with Crippen molar-refractivity contribution in [1.29, 1.82) is 0 Å². The molecule has 2 nitrogen and oxygen atoms in total. The fraction of sp³-hybridized carbons (Fsp3) is 0.455. The lowest BCUT2D eigenvalue weighted by Gasteiger charge is -2.15. The molecule has 1 N–H and O–H groups in total. The van der Waals surface area contributed by atoms with E-state index in [0.29, 0.717) is 13.1 Å². The number of aliphatic hydroxyl groups excluding tert-OH is 1. The summed E-state index contributed by atoms with van der Waals surface area (Å²) in [4.78, 5) is 2.08. The maximum atomic E-state index is 12.1. The van der Waals surface area contributed by atoms with Gasteiger partial charge in [0, 0.05) is 18.0 Å². The van der Waals surface area contributed by atoms with Crippen LogP contribution in [0.5, 0.6) is 0 Å². The van der Waals surface area contributed by atoms with Crippen LogP contribution in [0.25, 0.3) is 0 Å². The van der Waals surface area contributed by atoms with Crippen LogP contribution in [-0.2, 0) is 6.54 Å². The van der Waals surface area contributed by atoms with Crippen molar-refractivity contribution in [2.45, 2.75) is 16.9 Å². The molecule has 0 aliphatic carbocycles. The van der Waals surface area contributed by atoms with Gasteiger partial charge < -0.3 is 5.11 Å². The lowest BCUT2D eigenvalue weighted by molar-refractivity contribution is -0.0328. The second-order valence-corrected chi connectivity index (χ2v) is 4.79. The average molecular weight is 265 g/mol. The molecule has 0 bridgehead atoms. The zero-order chi connectivity index (χ0) is 12.9. The minimum atomic E-state index is -4.24. The molecule has 0 aromatic heterocycles. The van der Waals surface area contributed by atoms with Gasteiger partial charge >= 0.3 is 5.51 Å². The number of hydrogen-bond acceptors (Lipinski definition) is 3. The summed E-state index contributed by atoms with van der Waals surface area (Å²) < 4.78 is 36.2. The molecule has 0 saturated carbocycles. The van der Waals surface area contributed by atoms with Crippen molar-refractivity contribution in [3.05, 3.63) is 29.8 Å². The first-order valence-electron chi connectivity index (χ1n) is 5.05. The molecule has 0 saturated heterocycles. The van der Waals surface area contributed by atoms with Gasteiger partial charge in [0.2, 0.25) is 0 Å². The van der Waals surface area contributed by atoms with Gasteiger partial charge in [-0.2, -0.15) is 13.2 Å². The summed E-state index contributed by atoms with van der Waals surface area (Å²) in [6.45, 7) is 1.22. The van der Waals surface area contributed by atoms with E-state index in [1.807, 2.05) is 11.9 Å². The molecule has 0 amide bonds. The second-order valence-electron chi connectivity index (χ2n) is 3.65. The summed E-state index contributed by atoms with van der Waals surface area (Å²) in [6.07, 6.45) is 0. The maximum Gasteiger partial charge on any atom is 0.446 e. The van der Waals surface area contributed by atoms with Gasteiger partial charge in [-0.1, -0.05) is 12.1 Å². The normalized spacial score (nSPS) is 12.1. The van der Waals surface area contributed by atoms with Crippen molar-refractivity contribution >= 4 is 11.8 Å². The third kappa shape index (κ3) is 5.95. The van der Waals surface area contributed by atoms with E-state index in [-0.39, 0.29) is 23.3 Å². The predicted octanol–water partition coefficient (Wildman–Crippen LogP) is 2.72. The lowest BCUT2D eigenvalue weighted by atomic mass is 10.2. The van der Waals surface area contributed by atoms with Crippen LogP contribution >= 0.6 is 11.8 Å². The Hall–Kier alpha value is -0.720. The zero-order valence-corrected chi connectivity index (χ0v) is 10.2. The first kappa shape index (κ1) is 14.3. The Bertz CT molecular complexity index is 340. The minimum Gasteiger partial charge on any atom is -0.395 e. The first-order valence-corrected chi connectivity index (χ1v) is 5.86. The molecule has 0 atom stereocenters. The first-order chi connectivity index (χ1) is 7.90. The lowest BCUT2D eigenvalue weighted by Crippen LogP contribution is -2.21. The van der Waals surface area contributed by atoms with Gasteiger partial charge in [-0.25, -0.2) is 0 Å². The molecule has 1 rings (SSSR count). The van der Waals surface area contributed by atoms with Gasteiger partial charge in [-0.05, 0) is 36.5 Å². The molecule has 0 fully saturated rings. The molecular formula is C11H14F3NOS. The number of halogens is 3. The van der Waals surface area contributed by atoms with Crippen LogP contribution in [0.4, 0.5) is 13.2 Å². The number of alkyl halides is 3. The van der Waals surface area contributed by atoms with Crippen molar-refractivity contribution in [3.8, 4) is 0 Å². The Balaban J connectivity index is 2.56. The van der Waals surface area contributed by atoms with Crippen LogP contribution in [0.1, 0.15) is 5.56 Å². The van der Waals surface area contributed by atoms with Crippen molar-refractivity contribution in [3.63, 3.8) is 0 Å². The summed E-state index contributed by atoms with van der Waals surface area (Å²) in [6, 6.07) is 6.25. The molecule has 0 radical (unpaired) electrons. The van der Waals surface area contributed by atoms with Gasteiger partial charge in [0.05, 0.1) is 6.61 Å². The standard InChI is InChI=1S/C11H14F3NOS/c1-15(6-7-16)8-9-2-4-10(5-3-9)17-11(12,13)14/h2-5,16H,6-8H2,1H3. The molecule has 1 aromatic carbocycles. The van der Waals surface area contributed by atoms with E-state index < -0.39 is 5.51 Å². The number of likely N-dealkylation sites (N-methyl/N-ethyl adjacent to an activating group) is 1. The molecule has 0 heterocycles. The SMILES string of the molecule is CN(CCO)Cc1ccc(SC(F)(F)F)cc1. The van der Waals surface area contributed by atoms with Crippen molar-refractivity contribution < 1.29 is 18.3 Å². The minimum absolute atomic E-state index is 0.0680. The number of benzene rings is 1.